The molecular formula is C13H16OS2. The first-order chi connectivity index (χ1) is 7.88. The molecule has 1 saturated carbocycles. The summed E-state index contributed by atoms with van der Waals surface area (Å²) in [7, 11) is 0. The van der Waals surface area contributed by atoms with Gasteiger partial charge in [-0.2, -0.15) is 11.8 Å². The number of thioether (sulfide) groups is 1. The Hall–Kier alpha value is -0.430. The molecule has 1 aliphatic rings. The summed E-state index contributed by atoms with van der Waals surface area (Å²) in [5.41, 5.74) is 0. The van der Waals surface area contributed by atoms with Gasteiger partial charge in [-0.05, 0) is 25.0 Å². The molecule has 1 aliphatic carbocycles. The molecule has 0 unspecified atom stereocenters. The maximum atomic E-state index is 8.61. The smallest absolute Gasteiger partial charge is 0.104 e. The first-order valence-electron chi connectivity index (χ1n) is 5.68. The summed E-state index contributed by atoms with van der Waals surface area (Å²) in [6, 6.07) is 4.21. The zero-order valence-corrected chi connectivity index (χ0v) is 10.9. The van der Waals surface area contributed by atoms with Crippen LogP contribution in [-0.2, 0) is 5.75 Å². The van der Waals surface area contributed by atoms with E-state index in [4.69, 9.17) is 5.11 Å². The molecule has 0 amide bonds. The summed E-state index contributed by atoms with van der Waals surface area (Å²) in [4.78, 5) is 2.47. The second kappa shape index (κ2) is 6.34. The van der Waals surface area contributed by atoms with Crippen LogP contribution in [0, 0.1) is 11.8 Å². The molecular weight excluding hydrogens is 236 g/mol. The molecule has 1 N–H and O–H groups in total. The molecule has 0 atom stereocenters. The highest BCUT2D eigenvalue weighted by Crippen LogP contribution is 2.32. The second-order valence-corrected chi connectivity index (χ2v) is 6.40. The Balaban J connectivity index is 1.82. The molecule has 0 bridgehead atoms. The van der Waals surface area contributed by atoms with Crippen LogP contribution in [0.3, 0.4) is 0 Å². The van der Waals surface area contributed by atoms with Gasteiger partial charge in [0.05, 0.1) is 4.88 Å². The van der Waals surface area contributed by atoms with Crippen molar-refractivity contribution >= 4 is 23.1 Å². The number of aliphatic hydroxyl groups is 1. The number of rotatable bonds is 3. The van der Waals surface area contributed by atoms with E-state index in [-0.39, 0.29) is 6.61 Å². The van der Waals surface area contributed by atoms with Crippen molar-refractivity contribution in [3.63, 3.8) is 0 Å². The summed E-state index contributed by atoms with van der Waals surface area (Å²) in [5, 5.41) is 9.49. The number of thiophene rings is 1. The third kappa shape index (κ3) is 3.55. The SMILES string of the molecule is OCC#Cc1ccc(CSC2CCCC2)s1. The molecule has 0 radical (unpaired) electrons. The molecule has 1 fully saturated rings. The van der Waals surface area contributed by atoms with Crippen molar-refractivity contribution in [1.29, 1.82) is 0 Å². The molecule has 16 heavy (non-hydrogen) atoms. The molecule has 86 valence electrons. The van der Waals surface area contributed by atoms with E-state index in [0.29, 0.717) is 0 Å². The summed E-state index contributed by atoms with van der Waals surface area (Å²) < 4.78 is 0. The van der Waals surface area contributed by atoms with Gasteiger partial charge < -0.3 is 5.11 Å². The van der Waals surface area contributed by atoms with E-state index in [9.17, 15) is 0 Å². The quantitative estimate of drug-likeness (QED) is 0.833. The number of hydrogen-bond donors (Lipinski definition) is 1. The fourth-order valence-electron chi connectivity index (χ4n) is 1.90. The van der Waals surface area contributed by atoms with Crippen LogP contribution in [0.4, 0.5) is 0 Å². The van der Waals surface area contributed by atoms with E-state index in [0.717, 1.165) is 15.9 Å². The lowest BCUT2D eigenvalue weighted by Gasteiger charge is -2.06. The summed E-state index contributed by atoms with van der Waals surface area (Å²) in [6.45, 7) is -0.0515. The Morgan fingerprint density at radius 1 is 1.38 bits per heavy atom. The van der Waals surface area contributed by atoms with E-state index in [1.165, 1.54) is 30.6 Å². The minimum absolute atomic E-state index is 0.0515. The van der Waals surface area contributed by atoms with E-state index in [1.807, 2.05) is 0 Å². The van der Waals surface area contributed by atoms with Crippen molar-refractivity contribution in [2.45, 2.75) is 36.7 Å². The maximum Gasteiger partial charge on any atom is 0.104 e. The second-order valence-electron chi connectivity index (χ2n) is 3.94. The normalized spacial score (nSPS) is 16.1. The van der Waals surface area contributed by atoms with Gasteiger partial charge in [0.15, 0.2) is 0 Å². The average molecular weight is 252 g/mol. The molecule has 3 heteroatoms. The summed E-state index contributed by atoms with van der Waals surface area (Å²) >= 11 is 3.84. The fourth-order valence-corrected chi connectivity index (χ4v) is 4.18. The standard InChI is InChI=1S/C13H16OS2/c14-9-3-6-12-7-8-13(16-12)10-15-11-4-1-2-5-11/h7-8,11,14H,1-2,4-5,9-10H2. The molecule has 0 aromatic carbocycles. The van der Waals surface area contributed by atoms with Crippen LogP contribution in [0.2, 0.25) is 0 Å². The van der Waals surface area contributed by atoms with Gasteiger partial charge >= 0.3 is 0 Å². The molecule has 0 spiro atoms. The lowest BCUT2D eigenvalue weighted by molar-refractivity contribution is 0.350. The molecule has 0 saturated heterocycles. The van der Waals surface area contributed by atoms with Crippen molar-refractivity contribution in [1.82, 2.24) is 0 Å². The minimum Gasteiger partial charge on any atom is -0.384 e. The van der Waals surface area contributed by atoms with Crippen molar-refractivity contribution < 1.29 is 5.11 Å². The van der Waals surface area contributed by atoms with E-state index in [2.05, 4.69) is 35.7 Å². The minimum atomic E-state index is -0.0515. The van der Waals surface area contributed by atoms with E-state index < -0.39 is 0 Å². The predicted octanol–water partition coefficient (Wildman–Crippen LogP) is 3.27. The van der Waals surface area contributed by atoms with Gasteiger partial charge in [-0.15, -0.1) is 11.3 Å². The molecule has 2 rings (SSSR count). The highest BCUT2D eigenvalue weighted by Gasteiger charge is 2.15. The Morgan fingerprint density at radius 3 is 2.94 bits per heavy atom. The molecule has 1 aromatic rings. The van der Waals surface area contributed by atoms with Crippen LogP contribution >= 0.6 is 23.1 Å². The van der Waals surface area contributed by atoms with Crippen LogP contribution in [-0.4, -0.2) is 17.0 Å². The summed E-state index contributed by atoms with van der Waals surface area (Å²) in [6.07, 6.45) is 5.62. The van der Waals surface area contributed by atoms with Crippen molar-refractivity contribution in [3.05, 3.63) is 21.9 Å². The Bertz CT molecular complexity index is 380. The van der Waals surface area contributed by atoms with Gasteiger partial charge in [0.2, 0.25) is 0 Å². The van der Waals surface area contributed by atoms with E-state index >= 15 is 0 Å². The third-order valence-electron chi connectivity index (χ3n) is 2.72. The molecule has 1 aromatic heterocycles. The zero-order valence-electron chi connectivity index (χ0n) is 9.24. The zero-order chi connectivity index (χ0) is 11.2. The van der Waals surface area contributed by atoms with Crippen molar-refractivity contribution in [3.8, 4) is 11.8 Å². The van der Waals surface area contributed by atoms with Crippen LogP contribution in [0.5, 0.6) is 0 Å². The van der Waals surface area contributed by atoms with Crippen LogP contribution in [0.1, 0.15) is 35.4 Å². The average Bonchev–Trinajstić information content (AvgIpc) is 2.95. The molecule has 1 heterocycles. The van der Waals surface area contributed by atoms with Gasteiger partial charge in [-0.3, -0.25) is 0 Å². The van der Waals surface area contributed by atoms with Crippen LogP contribution in [0.15, 0.2) is 12.1 Å². The van der Waals surface area contributed by atoms with E-state index in [1.54, 1.807) is 11.3 Å². The molecule has 0 aliphatic heterocycles. The summed E-state index contributed by atoms with van der Waals surface area (Å²) in [5.74, 6) is 6.76. The van der Waals surface area contributed by atoms with Gasteiger partial charge in [0, 0.05) is 15.9 Å². The predicted molar refractivity (Wildman–Crippen MR) is 71.8 cm³/mol. The van der Waals surface area contributed by atoms with Gasteiger partial charge in [-0.1, -0.05) is 24.7 Å². The maximum absolute atomic E-state index is 8.61. The number of hydrogen-bond acceptors (Lipinski definition) is 3. The lowest BCUT2D eigenvalue weighted by Crippen LogP contribution is -1.93. The Labute approximate surface area is 105 Å². The number of aliphatic hydroxyl groups excluding tert-OH is 1. The first kappa shape index (κ1) is 12.0. The first-order valence-corrected chi connectivity index (χ1v) is 7.55. The van der Waals surface area contributed by atoms with Gasteiger partial charge in [0.1, 0.15) is 6.61 Å². The topological polar surface area (TPSA) is 20.2 Å². The highest BCUT2D eigenvalue weighted by atomic mass is 32.2. The van der Waals surface area contributed by atoms with Crippen molar-refractivity contribution in [2.75, 3.05) is 6.61 Å². The molecule has 1 nitrogen and oxygen atoms in total. The van der Waals surface area contributed by atoms with Gasteiger partial charge in [0.25, 0.3) is 0 Å². The lowest BCUT2D eigenvalue weighted by atomic mass is 10.4. The third-order valence-corrected chi connectivity index (χ3v) is 5.32. The van der Waals surface area contributed by atoms with Gasteiger partial charge in [-0.25, -0.2) is 0 Å². The monoisotopic (exact) mass is 252 g/mol. The highest BCUT2D eigenvalue weighted by molar-refractivity contribution is 7.99. The Kier molecular flexibility index (Phi) is 4.77. The van der Waals surface area contributed by atoms with Crippen molar-refractivity contribution in [2.24, 2.45) is 0 Å². The van der Waals surface area contributed by atoms with Crippen LogP contribution in [0.25, 0.3) is 0 Å². The Morgan fingerprint density at radius 2 is 2.19 bits per heavy atom. The fraction of sp³-hybridized carbons (Fsp3) is 0.538. The van der Waals surface area contributed by atoms with Crippen LogP contribution < -0.4 is 0 Å². The largest absolute Gasteiger partial charge is 0.384 e.